The number of hydrogen-bond donors (Lipinski definition) is 1. The van der Waals surface area contributed by atoms with Gasteiger partial charge in [-0.25, -0.2) is 0 Å². The summed E-state index contributed by atoms with van der Waals surface area (Å²) in [6.45, 7) is 0.640. The zero-order valence-electron chi connectivity index (χ0n) is 10.9. The molecule has 20 heavy (non-hydrogen) atoms. The van der Waals surface area contributed by atoms with Crippen molar-refractivity contribution >= 4 is 10.9 Å². The summed E-state index contributed by atoms with van der Waals surface area (Å²) in [6, 6.07) is 10.5. The zero-order chi connectivity index (χ0) is 13.4. The molecule has 0 aliphatic heterocycles. The Morgan fingerprint density at radius 1 is 1.15 bits per heavy atom. The predicted octanol–water partition coefficient (Wildman–Crippen LogP) is 2.54. The van der Waals surface area contributed by atoms with E-state index >= 15 is 0 Å². The molecule has 1 aliphatic rings. The molecule has 5 nitrogen and oxygen atoms in total. The number of benzene rings is 1. The first kappa shape index (κ1) is 11.5. The standard InChI is InChI=1S/C15H14N4O/c1-2-4-13-11(3-1)12(7-8-16-13)15-19-18-14(20-15)9-17-10-5-6-10/h1-4,7-8,10,17H,5-6,9H2. The van der Waals surface area contributed by atoms with Crippen LogP contribution in [0.15, 0.2) is 40.9 Å². The van der Waals surface area contributed by atoms with Crippen LogP contribution in [0.1, 0.15) is 18.7 Å². The minimum Gasteiger partial charge on any atom is -0.419 e. The summed E-state index contributed by atoms with van der Waals surface area (Å²) in [6.07, 6.45) is 4.26. The van der Waals surface area contributed by atoms with Gasteiger partial charge in [-0.3, -0.25) is 4.98 Å². The van der Waals surface area contributed by atoms with E-state index in [4.69, 9.17) is 4.42 Å². The van der Waals surface area contributed by atoms with E-state index in [2.05, 4.69) is 20.5 Å². The number of hydrogen-bond acceptors (Lipinski definition) is 5. The average molecular weight is 266 g/mol. The highest BCUT2D eigenvalue weighted by molar-refractivity contribution is 5.91. The SMILES string of the molecule is c1ccc2c(-c3nnc(CNC4CC4)o3)ccnc2c1. The molecule has 5 heteroatoms. The van der Waals surface area contributed by atoms with Crippen LogP contribution >= 0.6 is 0 Å². The molecule has 1 N–H and O–H groups in total. The first-order valence-corrected chi connectivity index (χ1v) is 6.80. The largest absolute Gasteiger partial charge is 0.419 e. The summed E-state index contributed by atoms with van der Waals surface area (Å²) in [7, 11) is 0. The molecule has 2 aromatic heterocycles. The molecule has 0 saturated heterocycles. The predicted molar refractivity (Wildman–Crippen MR) is 74.9 cm³/mol. The van der Waals surface area contributed by atoms with Crippen molar-refractivity contribution < 1.29 is 4.42 Å². The van der Waals surface area contributed by atoms with Crippen molar-refractivity contribution in [3.05, 3.63) is 42.4 Å². The number of para-hydroxylation sites is 1. The summed E-state index contributed by atoms with van der Waals surface area (Å²) in [5.41, 5.74) is 1.86. The van der Waals surface area contributed by atoms with Gasteiger partial charge in [0, 0.05) is 23.2 Å². The van der Waals surface area contributed by atoms with Crippen molar-refractivity contribution in [3.8, 4) is 11.5 Å². The highest BCUT2D eigenvalue weighted by atomic mass is 16.4. The Bertz CT molecular complexity index is 743. The van der Waals surface area contributed by atoms with Gasteiger partial charge in [0.2, 0.25) is 11.8 Å². The van der Waals surface area contributed by atoms with E-state index in [1.54, 1.807) is 6.20 Å². The van der Waals surface area contributed by atoms with Crippen molar-refractivity contribution in [3.63, 3.8) is 0 Å². The molecule has 0 amide bonds. The highest BCUT2D eigenvalue weighted by Crippen LogP contribution is 2.26. The lowest BCUT2D eigenvalue weighted by Crippen LogP contribution is -2.15. The third-order valence-electron chi connectivity index (χ3n) is 3.47. The summed E-state index contributed by atoms with van der Waals surface area (Å²) >= 11 is 0. The normalized spacial score (nSPS) is 14.8. The van der Waals surface area contributed by atoms with Crippen LogP contribution in [0, 0.1) is 0 Å². The van der Waals surface area contributed by atoms with Gasteiger partial charge < -0.3 is 9.73 Å². The fourth-order valence-corrected chi connectivity index (χ4v) is 2.24. The van der Waals surface area contributed by atoms with Crippen molar-refractivity contribution in [2.24, 2.45) is 0 Å². The maximum atomic E-state index is 5.74. The second-order valence-electron chi connectivity index (χ2n) is 5.03. The van der Waals surface area contributed by atoms with Crippen molar-refractivity contribution in [2.45, 2.75) is 25.4 Å². The second kappa shape index (κ2) is 4.68. The third-order valence-corrected chi connectivity index (χ3v) is 3.47. The summed E-state index contributed by atoms with van der Waals surface area (Å²) < 4.78 is 5.74. The molecule has 1 saturated carbocycles. The van der Waals surface area contributed by atoms with Gasteiger partial charge in [-0.2, -0.15) is 0 Å². The first-order valence-electron chi connectivity index (χ1n) is 6.80. The molecule has 2 heterocycles. The lowest BCUT2D eigenvalue weighted by atomic mass is 10.1. The van der Waals surface area contributed by atoms with Crippen molar-refractivity contribution in [2.75, 3.05) is 0 Å². The summed E-state index contributed by atoms with van der Waals surface area (Å²) in [5.74, 6) is 1.18. The van der Waals surface area contributed by atoms with Crippen LogP contribution in [-0.4, -0.2) is 21.2 Å². The van der Waals surface area contributed by atoms with Crippen LogP contribution in [0.4, 0.5) is 0 Å². The number of aromatic nitrogens is 3. The molecule has 0 radical (unpaired) electrons. The van der Waals surface area contributed by atoms with Crippen LogP contribution in [0.2, 0.25) is 0 Å². The van der Waals surface area contributed by atoms with E-state index in [1.807, 2.05) is 30.3 Å². The average Bonchev–Trinajstić information content (AvgIpc) is 3.21. The monoisotopic (exact) mass is 266 g/mol. The Labute approximate surface area is 116 Å². The molecule has 0 bridgehead atoms. The van der Waals surface area contributed by atoms with Gasteiger partial charge in [0.25, 0.3) is 0 Å². The molecule has 1 aliphatic carbocycles. The van der Waals surface area contributed by atoms with Crippen LogP contribution in [0.5, 0.6) is 0 Å². The molecule has 3 aromatic rings. The Balaban J connectivity index is 1.67. The number of nitrogens with zero attached hydrogens (tertiary/aromatic N) is 3. The first-order chi connectivity index (χ1) is 9.90. The highest BCUT2D eigenvalue weighted by Gasteiger charge is 2.21. The number of pyridine rings is 1. The Hall–Kier alpha value is -2.27. The molecule has 0 atom stereocenters. The van der Waals surface area contributed by atoms with Gasteiger partial charge in [-0.05, 0) is 25.0 Å². The lowest BCUT2D eigenvalue weighted by molar-refractivity contribution is 0.476. The Morgan fingerprint density at radius 3 is 2.95 bits per heavy atom. The van der Waals surface area contributed by atoms with Crippen LogP contribution in [-0.2, 0) is 6.54 Å². The van der Waals surface area contributed by atoms with Crippen molar-refractivity contribution in [1.82, 2.24) is 20.5 Å². The summed E-state index contributed by atoms with van der Waals surface area (Å²) in [5, 5.41) is 12.6. The minimum atomic E-state index is 0.552. The van der Waals surface area contributed by atoms with E-state index in [0.717, 1.165) is 16.5 Å². The van der Waals surface area contributed by atoms with E-state index in [-0.39, 0.29) is 0 Å². The molecule has 0 spiro atoms. The fourth-order valence-electron chi connectivity index (χ4n) is 2.24. The molecule has 1 aromatic carbocycles. The quantitative estimate of drug-likeness (QED) is 0.786. The molecule has 0 unspecified atom stereocenters. The molecule has 100 valence electrons. The molecule has 1 fully saturated rings. The lowest BCUT2D eigenvalue weighted by Gasteiger charge is -2.01. The van der Waals surface area contributed by atoms with E-state index in [1.165, 1.54) is 12.8 Å². The van der Waals surface area contributed by atoms with E-state index < -0.39 is 0 Å². The van der Waals surface area contributed by atoms with Crippen LogP contribution < -0.4 is 5.32 Å². The van der Waals surface area contributed by atoms with Crippen molar-refractivity contribution in [1.29, 1.82) is 0 Å². The van der Waals surface area contributed by atoms with Crippen LogP contribution in [0.3, 0.4) is 0 Å². The number of nitrogens with one attached hydrogen (secondary N) is 1. The Kier molecular flexibility index (Phi) is 2.70. The van der Waals surface area contributed by atoms with Gasteiger partial charge in [0.1, 0.15) is 0 Å². The molecular formula is C15H14N4O. The van der Waals surface area contributed by atoms with Gasteiger partial charge >= 0.3 is 0 Å². The number of rotatable bonds is 4. The Morgan fingerprint density at radius 2 is 2.05 bits per heavy atom. The van der Waals surface area contributed by atoms with Crippen LogP contribution in [0.25, 0.3) is 22.4 Å². The number of fused-ring (bicyclic) bond motifs is 1. The second-order valence-corrected chi connectivity index (χ2v) is 5.03. The molecular weight excluding hydrogens is 252 g/mol. The van der Waals surface area contributed by atoms with Gasteiger partial charge in [0.15, 0.2) is 0 Å². The van der Waals surface area contributed by atoms with E-state index in [9.17, 15) is 0 Å². The van der Waals surface area contributed by atoms with Gasteiger partial charge in [-0.1, -0.05) is 18.2 Å². The van der Waals surface area contributed by atoms with E-state index in [0.29, 0.717) is 24.4 Å². The maximum absolute atomic E-state index is 5.74. The summed E-state index contributed by atoms with van der Waals surface area (Å²) in [4.78, 5) is 4.34. The third kappa shape index (κ3) is 2.16. The fraction of sp³-hybridized carbons (Fsp3) is 0.267. The molecule has 4 rings (SSSR count). The van der Waals surface area contributed by atoms with Gasteiger partial charge in [0.05, 0.1) is 12.1 Å². The van der Waals surface area contributed by atoms with Gasteiger partial charge in [-0.15, -0.1) is 10.2 Å². The minimum absolute atomic E-state index is 0.552. The topological polar surface area (TPSA) is 63.8 Å². The maximum Gasteiger partial charge on any atom is 0.248 e. The zero-order valence-corrected chi connectivity index (χ0v) is 10.9. The smallest absolute Gasteiger partial charge is 0.248 e.